The molecule has 1 aromatic heterocycles. The molecule has 50 heavy (non-hydrogen) atoms. The summed E-state index contributed by atoms with van der Waals surface area (Å²) in [6.45, 7) is 1.27. The van der Waals surface area contributed by atoms with E-state index in [0.29, 0.717) is 18.6 Å². The molecular formula is C35H37F3N4O8. The van der Waals surface area contributed by atoms with Crippen molar-refractivity contribution in [1.29, 1.82) is 0 Å². The average molecular weight is 699 g/mol. The zero-order valence-electron chi connectivity index (χ0n) is 27.4. The lowest BCUT2D eigenvalue weighted by Crippen LogP contribution is -2.53. The topological polar surface area (TPSA) is 145 Å². The van der Waals surface area contributed by atoms with E-state index in [1.165, 1.54) is 47.0 Å². The first-order valence-corrected chi connectivity index (χ1v) is 15.9. The van der Waals surface area contributed by atoms with Crippen LogP contribution in [0.2, 0.25) is 0 Å². The van der Waals surface area contributed by atoms with Gasteiger partial charge in [0.15, 0.2) is 11.5 Å². The van der Waals surface area contributed by atoms with Crippen molar-refractivity contribution >= 4 is 28.5 Å². The molecule has 15 heteroatoms. The monoisotopic (exact) mass is 698 g/mol. The van der Waals surface area contributed by atoms with Crippen LogP contribution >= 0.6 is 0 Å². The summed E-state index contributed by atoms with van der Waals surface area (Å²) in [5.41, 5.74) is -2.77. The molecule has 1 aliphatic rings. The Bertz CT molecular complexity index is 1840. The first-order chi connectivity index (χ1) is 23.8. The Morgan fingerprint density at radius 1 is 1.04 bits per heavy atom. The minimum atomic E-state index is -5.08. The number of carbonyl (C=O) groups excluding carboxylic acids is 2. The van der Waals surface area contributed by atoms with Gasteiger partial charge in [0.25, 0.3) is 11.6 Å². The number of nitrogens with zero attached hydrogens (tertiary/aromatic N) is 3. The van der Waals surface area contributed by atoms with Gasteiger partial charge in [0.2, 0.25) is 5.60 Å². The molecule has 1 saturated heterocycles. The summed E-state index contributed by atoms with van der Waals surface area (Å²) in [5, 5.41) is 25.6. The lowest BCUT2D eigenvalue weighted by molar-refractivity contribution is -0.384. The van der Waals surface area contributed by atoms with E-state index in [4.69, 9.17) is 14.2 Å². The third-order valence-corrected chi connectivity index (χ3v) is 8.59. The predicted molar refractivity (Wildman–Crippen MR) is 176 cm³/mol. The number of nitro groups is 1. The van der Waals surface area contributed by atoms with Gasteiger partial charge in [-0.3, -0.25) is 24.6 Å². The van der Waals surface area contributed by atoms with Gasteiger partial charge in [-0.15, -0.1) is 0 Å². The Morgan fingerprint density at radius 3 is 2.40 bits per heavy atom. The Labute approximate surface area is 285 Å². The van der Waals surface area contributed by atoms with Gasteiger partial charge in [-0.1, -0.05) is 30.3 Å². The molecule has 3 aromatic carbocycles. The quantitative estimate of drug-likeness (QED) is 0.109. The predicted octanol–water partition coefficient (Wildman–Crippen LogP) is 5.19. The Balaban J connectivity index is 1.31. The van der Waals surface area contributed by atoms with Crippen LogP contribution in [0.15, 0.2) is 72.9 Å². The van der Waals surface area contributed by atoms with Crippen LogP contribution in [0.3, 0.4) is 0 Å². The first-order valence-electron chi connectivity index (χ1n) is 15.9. The van der Waals surface area contributed by atoms with Crippen molar-refractivity contribution in [3.05, 3.63) is 99.7 Å². The van der Waals surface area contributed by atoms with Crippen molar-refractivity contribution in [2.24, 2.45) is 0 Å². The Morgan fingerprint density at radius 2 is 1.76 bits per heavy atom. The standard InChI is InChI=1S/C35H37F3N4O8/c1-3-49-32(43)19-39-33(44)24-9-12-30(31(17-24)48-2)50-26-13-15-40(16-14-26)22-34(45,35(36,37)38)28-21-41(20-23-7-5-4-6-8-23)29-18-25(42(46)47)10-11-27(28)29/h4-12,17-18,21,26,45H,3,13-16,19-20,22H2,1-2H3,(H,39,44). The highest BCUT2D eigenvalue weighted by Crippen LogP contribution is 2.44. The number of fused-ring (bicyclic) bond motifs is 1. The summed E-state index contributed by atoms with van der Waals surface area (Å²) in [6.07, 6.45) is -3.57. The van der Waals surface area contributed by atoms with Crippen LogP contribution in [-0.4, -0.2) is 83.5 Å². The molecular weight excluding hydrogens is 661 g/mol. The summed E-state index contributed by atoms with van der Waals surface area (Å²) in [4.78, 5) is 36.5. The number of nitrogens with one attached hydrogen (secondary N) is 1. The summed E-state index contributed by atoms with van der Waals surface area (Å²) in [6, 6.07) is 17.1. The molecule has 1 amide bonds. The fourth-order valence-corrected chi connectivity index (χ4v) is 6.02. The van der Waals surface area contributed by atoms with Crippen molar-refractivity contribution in [3.8, 4) is 11.5 Å². The molecule has 0 saturated carbocycles. The number of hydrogen-bond acceptors (Lipinski definition) is 9. The van der Waals surface area contributed by atoms with E-state index in [-0.39, 0.29) is 66.3 Å². The number of esters is 1. The third-order valence-electron chi connectivity index (χ3n) is 8.59. The fraction of sp³-hybridized carbons (Fsp3) is 0.371. The minimum Gasteiger partial charge on any atom is -0.493 e. The zero-order valence-corrected chi connectivity index (χ0v) is 27.4. The molecule has 1 unspecified atom stereocenters. The number of benzene rings is 3. The summed E-state index contributed by atoms with van der Waals surface area (Å²) < 4.78 is 62.5. The van der Waals surface area contributed by atoms with E-state index in [1.54, 1.807) is 43.3 Å². The largest absolute Gasteiger partial charge is 0.493 e. The van der Waals surface area contributed by atoms with E-state index >= 15 is 0 Å². The van der Waals surface area contributed by atoms with Gasteiger partial charge in [-0.25, -0.2) is 0 Å². The van der Waals surface area contributed by atoms with E-state index in [1.807, 2.05) is 0 Å². The summed E-state index contributed by atoms with van der Waals surface area (Å²) >= 11 is 0. The van der Waals surface area contributed by atoms with E-state index in [2.05, 4.69) is 5.32 Å². The van der Waals surface area contributed by atoms with Crippen LogP contribution < -0.4 is 14.8 Å². The highest BCUT2D eigenvalue weighted by Gasteiger charge is 2.57. The first kappa shape index (κ1) is 36.1. The van der Waals surface area contributed by atoms with E-state index in [9.17, 15) is 38.0 Å². The zero-order chi connectivity index (χ0) is 36.1. The van der Waals surface area contributed by atoms with Gasteiger partial charge in [0.1, 0.15) is 12.6 Å². The number of β-amino-alcohol motifs (C(OH)–C–C–N with tert-alkyl or cyclic N) is 1. The van der Waals surface area contributed by atoms with E-state index < -0.39 is 41.2 Å². The summed E-state index contributed by atoms with van der Waals surface area (Å²) in [5.74, 6) is -0.501. The van der Waals surface area contributed by atoms with E-state index in [0.717, 1.165) is 11.6 Å². The van der Waals surface area contributed by atoms with Crippen LogP contribution in [0.25, 0.3) is 10.9 Å². The molecule has 2 heterocycles. The second kappa shape index (κ2) is 15.2. The van der Waals surface area contributed by atoms with Crippen LogP contribution in [0.4, 0.5) is 18.9 Å². The molecule has 0 bridgehead atoms. The number of likely N-dealkylation sites (tertiary alicyclic amines) is 1. The minimum absolute atomic E-state index is 0.0645. The number of aromatic nitrogens is 1. The van der Waals surface area contributed by atoms with Gasteiger partial charge in [0, 0.05) is 61.0 Å². The number of hydrogen-bond donors (Lipinski definition) is 2. The third kappa shape index (κ3) is 8.00. The molecule has 0 aliphatic carbocycles. The lowest BCUT2D eigenvalue weighted by Gasteiger charge is -2.39. The molecule has 12 nitrogen and oxygen atoms in total. The highest BCUT2D eigenvalue weighted by atomic mass is 19.4. The number of nitro benzene ring substituents is 1. The maximum atomic E-state index is 14.9. The molecule has 1 aliphatic heterocycles. The lowest BCUT2D eigenvalue weighted by atomic mass is 9.91. The maximum Gasteiger partial charge on any atom is 0.422 e. The normalized spacial score (nSPS) is 15.3. The van der Waals surface area contributed by atoms with Crippen LogP contribution in [0.5, 0.6) is 11.5 Å². The van der Waals surface area contributed by atoms with Gasteiger partial charge in [-0.2, -0.15) is 13.2 Å². The second-order valence-electron chi connectivity index (χ2n) is 11.9. The van der Waals surface area contributed by atoms with Gasteiger partial charge in [0.05, 0.1) is 24.2 Å². The van der Waals surface area contributed by atoms with Crippen molar-refractivity contribution in [1.82, 2.24) is 14.8 Å². The smallest absolute Gasteiger partial charge is 0.422 e. The van der Waals surface area contributed by atoms with Gasteiger partial charge < -0.3 is 29.2 Å². The van der Waals surface area contributed by atoms with Crippen LogP contribution in [0.1, 0.15) is 41.3 Å². The molecule has 1 fully saturated rings. The SMILES string of the molecule is CCOC(=O)CNC(=O)c1ccc(OC2CCN(CC(O)(c3cn(Cc4ccccc4)c4cc([N+](=O)[O-])ccc34)C(F)(F)F)CC2)c(OC)c1. The Kier molecular flexibility index (Phi) is 11.0. The Hall–Kier alpha value is -5.15. The number of aliphatic hydroxyl groups is 1. The fourth-order valence-electron chi connectivity index (χ4n) is 6.02. The van der Waals surface area contributed by atoms with Crippen LogP contribution in [0, 0.1) is 10.1 Å². The van der Waals surface area contributed by atoms with Crippen molar-refractivity contribution < 1.29 is 47.0 Å². The molecule has 0 radical (unpaired) electrons. The number of ether oxygens (including phenoxy) is 3. The molecule has 0 spiro atoms. The number of piperidine rings is 1. The highest BCUT2D eigenvalue weighted by molar-refractivity contribution is 5.96. The number of non-ortho nitro benzene ring substituents is 1. The summed E-state index contributed by atoms with van der Waals surface area (Å²) in [7, 11) is 1.40. The molecule has 2 N–H and O–H groups in total. The number of carbonyl (C=O) groups is 2. The van der Waals surface area contributed by atoms with Gasteiger partial charge >= 0.3 is 12.1 Å². The molecule has 1 atom stereocenters. The maximum absolute atomic E-state index is 14.9. The van der Waals surface area contributed by atoms with Crippen molar-refractivity contribution in [2.75, 3.05) is 39.9 Å². The van der Waals surface area contributed by atoms with Crippen molar-refractivity contribution in [3.63, 3.8) is 0 Å². The number of methoxy groups -OCH3 is 1. The number of amides is 1. The molecule has 266 valence electrons. The van der Waals surface area contributed by atoms with Crippen molar-refractivity contribution in [2.45, 2.75) is 44.2 Å². The molecule has 4 aromatic rings. The van der Waals surface area contributed by atoms with Gasteiger partial charge in [-0.05, 0) is 49.6 Å². The molecule has 5 rings (SSSR count). The number of rotatable bonds is 13. The van der Waals surface area contributed by atoms with Crippen LogP contribution in [-0.2, 0) is 21.7 Å². The second-order valence-corrected chi connectivity index (χ2v) is 11.9. The number of halogens is 3. The number of alkyl halides is 3. The average Bonchev–Trinajstić information content (AvgIpc) is 3.46.